The summed E-state index contributed by atoms with van der Waals surface area (Å²) in [6.07, 6.45) is 5.99. The fraction of sp³-hybridized carbons (Fsp3) is 0.529. The average Bonchev–Trinajstić information content (AvgIpc) is 2.88. The summed E-state index contributed by atoms with van der Waals surface area (Å²) in [6.45, 7) is 5.80. The van der Waals surface area contributed by atoms with Crippen LogP contribution in [0.1, 0.15) is 31.0 Å². The number of nitrogens with zero attached hydrogens (tertiary/aromatic N) is 3. The third-order valence-corrected chi connectivity index (χ3v) is 4.75. The molecule has 1 fully saturated rings. The Kier molecular flexibility index (Phi) is 4.63. The third-order valence-electron chi connectivity index (χ3n) is 4.75. The molecule has 0 saturated heterocycles. The molecule has 0 bridgehead atoms. The van der Waals surface area contributed by atoms with Crippen molar-refractivity contribution in [1.82, 2.24) is 19.6 Å². The second-order valence-corrected chi connectivity index (χ2v) is 6.29. The van der Waals surface area contributed by atoms with Crippen LogP contribution in [0.5, 0.6) is 0 Å². The third kappa shape index (κ3) is 3.38. The zero-order chi connectivity index (χ0) is 16.4. The number of pyridine rings is 1. The van der Waals surface area contributed by atoms with Crippen molar-refractivity contribution in [3.05, 3.63) is 35.8 Å². The Morgan fingerprint density at radius 2 is 2.30 bits per heavy atom. The molecule has 2 aromatic heterocycles. The number of aryl methyl sites for hydroxylation is 1. The molecule has 6 heteroatoms. The molecule has 6 nitrogen and oxygen atoms in total. The van der Waals surface area contributed by atoms with Gasteiger partial charge in [-0.05, 0) is 37.9 Å². The van der Waals surface area contributed by atoms with Crippen LogP contribution in [0.3, 0.4) is 0 Å². The van der Waals surface area contributed by atoms with E-state index in [1.807, 2.05) is 30.3 Å². The van der Waals surface area contributed by atoms with Gasteiger partial charge in [-0.1, -0.05) is 13.0 Å². The highest BCUT2D eigenvalue weighted by Crippen LogP contribution is 2.26. The molecule has 1 aliphatic carbocycles. The van der Waals surface area contributed by atoms with E-state index in [-0.39, 0.29) is 6.54 Å². The maximum absolute atomic E-state index is 10.9. The van der Waals surface area contributed by atoms with Gasteiger partial charge in [-0.25, -0.2) is 4.98 Å². The highest BCUT2D eigenvalue weighted by atomic mass is 16.4. The van der Waals surface area contributed by atoms with Gasteiger partial charge in [0, 0.05) is 24.8 Å². The Morgan fingerprint density at radius 1 is 1.52 bits per heavy atom. The second-order valence-electron chi connectivity index (χ2n) is 6.29. The average molecular weight is 316 g/mol. The van der Waals surface area contributed by atoms with Gasteiger partial charge in [0.2, 0.25) is 0 Å². The van der Waals surface area contributed by atoms with Crippen molar-refractivity contribution in [3.63, 3.8) is 0 Å². The van der Waals surface area contributed by atoms with Crippen LogP contribution >= 0.6 is 0 Å². The largest absolute Gasteiger partial charge is 0.480 e. The van der Waals surface area contributed by atoms with E-state index < -0.39 is 5.97 Å². The van der Waals surface area contributed by atoms with E-state index >= 15 is 0 Å². The second kappa shape index (κ2) is 6.68. The molecule has 124 valence electrons. The van der Waals surface area contributed by atoms with Crippen LogP contribution in [0, 0.1) is 6.92 Å². The first-order valence-electron chi connectivity index (χ1n) is 8.19. The fourth-order valence-corrected chi connectivity index (χ4v) is 3.31. The van der Waals surface area contributed by atoms with E-state index in [0.29, 0.717) is 12.1 Å². The van der Waals surface area contributed by atoms with E-state index in [4.69, 9.17) is 5.11 Å². The van der Waals surface area contributed by atoms with E-state index in [1.165, 1.54) is 5.56 Å². The predicted molar refractivity (Wildman–Crippen MR) is 88.5 cm³/mol. The zero-order valence-corrected chi connectivity index (χ0v) is 13.7. The number of rotatable bonds is 7. The van der Waals surface area contributed by atoms with Crippen molar-refractivity contribution in [2.24, 2.45) is 0 Å². The van der Waals surface area contributed by atoms with E-state index in [0.717, 1.165) is 37.3 Å². The Hall–Kier alpha value is -1.92. The van der Waals surface area contributed by atoms with Gasteiger partial charge in [0.1, 0.15) is 5.65 Å². The lowest BCUT2D eigenvalue weighted by Crippen LogP contribution is -2.53. The minimum atomic E-state index is -0.746. The Bertz CT molecular complexity index is 691. The number of aromatic nitrogens is 2. The molecule has 2 heterocycles. The first kappa shape index (κ1) is 16.0. The van der Waals surface area contributed by atoms with Gasteiger partial charge in [-0.2, -0.15) is 0 Å². The standard InChI is InChI=1S/C17H24N4O2/c1-3-20(11-16(22)23)14-7-13(8-14)18-9-15-10-19-17-12(2)5-4-6-21(15)17/h4-6,10,13-14,18H,3,7-9,11H2,1-2H3,(H,22,23). The number of carboxylic acids is 1. The highest BCUT2D eigenvalue weighted by Gasteiger charge is 2.33. The van der Waals surface area contributed by atoms with Gasteiger partial charge in [0.05, 0.1) is 18.4 Å². The van der Waals surface area contributed by atoms with Gasteiger partial charge in [0.15, 0.2) is 0 Å². The maximum atomic E-state index is 10.9. The molecule has 1 aliphatic rings. The fourth-order valence-electron chi connectivity index (χ4n) is 3.31. The van der Waals surface area contributed by atoms with Crippen LogP contribution in [-0.2, 0) is 11.3 Å². The molecular formula is C17H24N4O2. The Morgan fingerprint density at radius 3 is 3.00 bits per heavy atom. The lowest BCUT2D eigenvalue weighted by molar-refractivity contribution is -0.139. The molecule has 0 unspecified atom stereocenters. The van der Waals surface area contributed by atoms with Crippen LogP contribution < -0.4 is 5.32 Å². The van der Waals surface area contributed by atoms with Crippen molar-refractivity contribution in [2.45, 2.75) is 45.3 Å². The van der Waals surface area contributed by atoms with Gasteiger partial charge in [0.25, 0.3) is 0 Å². The predicted octanol–water partition coefficient (Wildman–Crippen LogP) is 1.67. The summed E-state index contributed by atoms with van der Waals surface area (Å²) >= 11 is 0. The lowest BCUT2D eigenvalue weighted by atomic mass is 9.85. The molecule has 23 heavy (non-hydrogen) atoms. The Labute approximate surface area is 136 Å². The number of fused-ring (bicyclic) bond motifs is 1. The van der Waals surface area contributed by atoms with Crippen LogP contribution in [-0.4, -0.2) is 50.5 Å². The smallest absolute Gasteiger partial charge is 0.317 e. The van der Waals surface area contributed by atoms with Crippen molar-refractivity contribution >= 4 is 11.6 Å². The summed E-state index contributed by atoms with van der Waals surface area (Å²) in [7, 11) is 0. The van der Waals surface area contributed by atoms with Crippen molar-refractivity contribution in [1.29, 1.82) is 0 Å². The van der Waals surface area contributed by atoms with Gasteiger partial charge < -0.3 is 14.8 Å². The summed E-state index contributed by atoms with van der Waals surface area (Å²) in [5.41, 5.74) is 3.34. The SMILES string of the molecule is CCN(CC(=O)O)C1CC(NCc2cnc3c(C)cccn23)C1. The summed E-state index contributed by atoms with van der Waals surface area (Å²) in [5, 5.41) is 12.5. The summed E-state index contributed by atoms with van der Waals surface area (Å²) in [5.74, 6) is -0.746. The monoisotopic (exact) mass is 316 g/mol. The highest BCUT2D eigenvalue weighted by molar-refractivity contribution is 5.69. The Balaban J connectivity index is 1.52. The van der Waals surface area contributed by atoms with E-state index in [9.17, 15) is 4.79 Å². The van der Waals surface area contributed by atoms with Crippen molar-refractivity contribution in [2.75, 3.05) is 13.1 Å². The number of nitrogens with one attached hydrogen (secondary N) is 1. The molecule has 0 atom stereocenters. The molecule has 2 N–H and O–H groups in total. The van der Waals surface area contributed by atoms with Gasteiger partial charge in [-0.3, -0.25) is 9.69 Å². The summed E-state index contributed by atoms with van der Waals surface area (Å²) in [4.78, 5) is 17.4. The number of aliphatic carboxylic acids is 1. The first-order valence-corrected chi connectivity index (χ1v) is 8.19. The number of carbonyl (C=O) groups is 1. The van der Waals surface area contributed by atoms with Crippen molar-refractivity contribution in [3.8, 4) is 0 Å². The number of carboxylic acid groups (broad SMARTS) is 1. The molecular weight excluding hydrogens is 292 g/mol. The van der Waals surface area contributed by atoms with E-state index in [1.54, 1.807) is 0 Å². The number of imidazole rings is 1. The van der Waals surface area contributed by atoms with Crippen LogP contribution in [0.15, 0.2) is 24.5 Å². The molecule has 2 aromatic rings. The molecule has 0 aromatic carbocycles. The molecule has 1 saturated carbocycles. The zero-order valence-electron chi connectivity index (χ0n) is 13.7. The summed E-state index contributed by atoms with van der Waals surface area (Å²) in [6, 6.07) is 4.95. The number of hydrogen-bond acceptors (Lipinski definition) is 4. The minimum absolute atomic E-state index is 0.139. The van der Waals surface area contributed by atoms with Gasteiger partial charge in [-0.15, -0.1) is 0 Å². The number of hydrogen-bond donors (Lipinski definition) is 2. The molecule has 3 rings (SSSR count). The van der Waals surface area contributed by atoms with Crippen LogP contribution in [0.2, 0.25) is 0 Å². The quantitative estimate of drug-likeness (QED) is 0.813. The maximum Gasteiger partial charge on any atom is 0.317 e. The lowest BCUT2D eigenvalue weighted by Gasteiger charge is -2.42. The topological polar surface area (TPSA) is 69.9 Å². The first-order chi connectivity index (χ1) is 11.1. The van der Waals surface area contributed by atoms with E-state index in [2.05, 4.69) is 27.7 Å². The molecule has 0 radical (unpaired) electrons. The summed E-state index contributed by atoms with van der Waals surface area (Å²) < 4.78 is 2.13. The molecule has 0 amide bonds. The van der Waals surface area contributed by atoms with Crippen LogP contribution in [0.4, 0.5) is 0 Å². The molecule has 0 spiro atoms. The normalized spacial score (nSPS) is 20.8. The number of likely N-dealkylation sites (N-methyl/N-ethyl adjacent to an activating group) is 1. The van der Waals surface area contributed by atoms with Gasteiger partial charge >= 0.3 is 5.97 Å². The van der Waals surface area contributed by atoms with Crippen molar-refractivity contribution < 1.29 is 9.90 Å². The minimum Gasteiger partial charge on any atom is -0.480 e. The van der Waals surface area contributed by atoms with Crippen LogP contribution in [0.25, 0.3) is 5.65 Å². The molecule has 0 aliphatic heterocycles.